The number of carboxylic acids is 1. The van der Waals surface area contributed by atoms with Crippen molar-refractivity contribution in [3.05, 3.63) is 29.8 Å². The predicted octanol–water partition coefficient (Wildman–Crippen LogP) is 2.27. The van der Waals surface area contributed by atoms with Crippen LogP contribution < -0.4 is 16.4 Å². The number of rotatable bonds is 9. The molecule has 8 heteroatoms. The zero-order valence-corrected chi connectivity index (χ0v) is 16.1. The molecule has 1 aromatic rings. The number of alkyl carbamates (subject to hydrolysis) is 1. The lowest BCUT2D eigenvalue weighted by molar-refractivity contribution is -0.136. The molecule has 1 aromatic carbocycles. The molecule has 0 aliphatic rings. The molecule has 0 unspecified atom stereocenters. The highest BCUT2D eigenvalue weighted by Crippen LogP contribution is 2.13. The van der Waals surface area contributed by atoms with Gasteiger partial charge in [0.05, 0.1) is 6.42 Å². The van der Waals surface area contributed by atoms with Gasteiger partial charge in [0.1, 0.15) is 11.6 Å². The number of nitrogens with one attached hydrogen (secondary N) is 2. The Morgan fingerprint density at radius 1 is 1.15 bits per heavy atom. The van der Waals surface area contributed by atoms with Crippen molar-refractivity contribution in [2.45, 2.75) is 58.1 Å². The summed E-state index contributed by atoms with van der Waals surface area (Å²) in [6, 6.07) is 5.76. The maximum Gasteiger partial charge on any atom is 0.408 e. The first-order valence-electron chi connectivity index (χ1n) is 8.92. The van der Waals surface area contributed by atoms with Crippen molar-refractivity contribution in [1.82, 2.24) is 5.32 Å². The number of benzene rings is 1. The molecule has 0 saturated carbocycles. The number of anilines is 1. The molecule has 0 fully saturated rings. The average Bonchev–Trinajstić information content (AvgIpc) is 2.53. The third-order valence-electron chi connectivity index (χ3n) is 3.53. The molecule has 8 nitrogen and oxygen atoms in total. The summed E-state index contributed by atoms with van der Waals surface area (Å²) >= 11 is 0. The zero-order valence-electron chi connectivity index (χ0n) is 16.1. The Morgan fingerprint density at radius 2 is 1.78 bits per heavy atom. The minimum absolute atomic E-state index is 0.0872. The largest absolute Gasteiger partial charge is 0.481 e. The Morgan fingerprint density at radius 3 is 2.30 bits per heavy atom. The van der Waals surface area contributed by atoms with E-state index in [1.54, 1.807) is 45.0 Å². The quantitative estimate of drug-likeness (QED) is 0.487. The second-order valence-electron chi connectivity index (χ2n) is 7.24. The van der Waals surface area contributed by atoms with Crippen LogP contribution in [0.1, 0.15) is 45.6 Å². The first kappa shape index (κ1) is 22.4. The third-order valence-corrected chi connectivity index (χ3v) is 3.53. The van der Waals surface area contributed by atoms with E-state index in [0.29, 0.717) is 30.6 Å². The SMILES string of the molecule is CC(C)(C)OC(=O)N[C@@H](CCCCN)C(=O)Nc1ccc(CC(=O)O)cc1. The summed E-state index contributed by atoms with van der Waals surface area (Å²) < 4.78 is 5.22. The minimum atomic E-state index is -0.923. The Balaban J connectivity index is 2.73. The fraction of sp³-hybridized carbons (Fsp3) is 0.526. The number of ether oxygens (including phenoxy) is 1. The fourth-order valence-electron chi connectivity index (χ4n) is 2.32. The smallest absolute Gasteiger partial charge is 0.408 e. The van der Waals surface area contributed by atoms with Gasteiger partial charge in [0.25, 0.3) is 0 Å². The minimum Gasteiger partial charge on any atom is -0.481 e. The zero-order chi connectivity index (χ0) is 20.4. The molecule has 0 spiro atoms. The van der Waals surface area contributed by atoms with Gasteiger partial charge in [-0.1, -0.05) is 12.1 Å². The normalized spacial score (nSPS) is 12.1. The van der Waals surface area contributed by atoms with Gasteiger partial charge in [0, 0.05) is 5.69 Å². The number of hydrogen-bond donors (Lipinski definition) is 4. The van der Waals surface area contributed by atoms with Crippen molar-refractivity contribution in [3.8, 4) is 0 Å². The van der Waals surface area contributed by atoms with Crippen LogP contribution >= 0.6 is 0 Å². The van der Waals surface area contributed by atoms with Crippen LogP contribution in [0.5, 0.6) is 0 Å². The Hall–Kier alpha value is -2.61. The van der Waals surface area contributed by atoms with E-state index in [1.165, 1.54) is 0 Å². The number of amides is 2. The third kappa shape index (κ3) is 9.60. The van der Waals surface area contributed by atoms with Crippen LogP contribution in [0, 0.1) is 0 Å². The number of hydrogen-bond acceptors (Lipinski definition) is 5. The van der Waals surface area contributed by atoms with Gasteiger partial charge in [-0.3, -0.25) is 9.59 Å². The van der Waals surface area contributed by atoms with Crippen molar-refractivity contribution in [2.75, 3.05) is 11.9 Å². The number of carbonyl (C=O) groups excluding carboxylic acids is 2. The van der Waals surface area contributed by atoms with E-state index in [4.69, 9.17) is 15.6 Å². The van der Waals surface area contributed by atoms with Gasteiger partial charge in [-0.05, 0) is 64.3 Å². The van der Waals surface area contributed by atoms with E-state index in [1.807, 2.05) is 0 Å². The molecule has 1 atom stereocenters. The van der Waals surface area contributed by atoms with Crippen LogP contribution in [0.15, 0.2) is 24.3 Å². The lowest BCUT2D eigenvalue weighted by atomic mass is 10.1. The molecule has 0 aliphatic carbocycles. The molecule has 0 aliphatic heterocycles. The molecule has 0 bridgehead atoms. The maximum atomic E-state index is 12.6. The lowest BCUT2D eigenvalue weighted by Gasteiger charge is -2.23. The molecule has 1 rings (SSSR count). The van der Waals surface area contributed by atoms with Crippen LogP contribution in [0.4, 0.5) is 10.5 Å². The van der Waals surface area contributed by atoms with E-state index < -0.39 is 23.7 Å². The summed E-state index contributed by atoms with van der Waals surface area (Å²) in [5.41, 5.74) is 5.98. The Labute approximate surface area is 159 Å². The summed E-state index contributed by atoms with van der Waals surface area (Å²) in [7, 11) is 0. The van der Waals surface area contributed by atoms with Gasteiger partial charge < -0.3 is 26.2 Å². The predicted molar refractivity (Wildman–Crippen MR) is 102 cm³/mol. The summed E-state index contributed by atoms with van der Waals surface area (Å²) in [5, 5.41) is 14.1. The highest BCUT2D eigenvalue weighted by atomic mass is 16.6. The highest BCUT2D eigenvalue weighted by molar-refractivity contribution is 5.96. The second-order valence-corrected chi connectivity index (χ2v) is 7.24. The molecule has 5 N–H and O–H groups in total. The van der Waals surface area contributed by atoms with Crippen LogP contribution in [0.3, 0.4) is 0 Å². The molecule has 0 saturated heterocycles. The van der Waals surface area contributed by atoms with Gasteiger partial charge in [-0.15, -0.1) is 0 Å². The van der Waals surface area contributed by atoms with Gasteiger partial charge >= 0.3 is 12.1 Å². The van der Waals surface area contributed by atoms with Gasteiger partial charge in [0.2, 0.25) is 5.91 Å². The standard InChI is InChI=1S/C19H29N3O5/c1-19(2,3)27-18(26)22-15(6-4-5-11-20)17(25)21-14-9-7-13(8-10-14)12-16(23)24/h7-10,15H,4-6,11-12,20H2,1-3H3,(H,21,25)(H,22,26)(H,23,24)/t15-/m0/s1. The number of nitrogens with two attached hydrogens (primary N) is 1. The number of carboxylic acid groups (broad SMARTS) is 1. The molecule has 0 aromatic heterocycles. The van der Waals surface area contributed by atoms with Crippen molar-refractivity contribution >= 4 is 23.7 Å². The monoisotopic (exact) mass is 379 g/mol. The van der Waals surface area contributed by atoms with Crippen molar-refractivity contribution in [2.24, 2.45) is 5.73 Å². The molecule has 0 heterocycles. The van der Waals surface area contributed by atoms with E-state index >= 15 is 0 Å². The molecular formula is C19H29N3O5. The Bertz CT molecular complexity index is 638. The number of aliphatic carboxylic acids is 1. The summed E-state index contributed by atoms with van der Waals surface area (Å²) in [4.78, 5) is 35.3. The van der Waals surface area contributed by atoms with E-state index in [9.17, 15) is 14.4 Å². The molecule has 0 radical (unpaired) electrons. The molecule has 150 valence electrons. The maximum absolute atomic E-state index is 12.6. The van der Waals surface area contributed by atoms with Crippen LogP contribution in [0.25, 0.3) is 0 Å². The van der Waals surface area contributed by atoms with E-state index in [0.717, 1.165) is 6.42 Å². The first-order chi connectivity index (χ1) is 12.6. The highest BCUT2D eigenvalue weighted by Gasteiger charge is 2.24. The van der Waals surface area contributed by atoms with Crippen molar-refractivity contribution in [3.63, 3.8) is 0 Å². The van der Waals surface area contributed by atoms with Crippen molar-refractivity contribution in [1.29, 1.82) is 0 Å². The molecule has 27 heavy (non-hydrogen) atoms. The van der Waals surface area contributed by atoms with Crippen molar-refractivity contribution < 1.29 is 24.2 Å². The van der Waals surface area contributed by atoms with Crippen LogP contribution in [-0.4, -0.2) is 41.3 Å². The second kappa shape index (κ2) is 10.5. The molecule has 2 amide bonds. The van der Waals surface area contributed by atoms with E-state index in [2.05, 4.69) is 10.6 Å². The summed E-state index contributed by atoms with van der Waals surface area (Å²) in [6.45, 7) is 5.74. The van der Waals surface area contributed by atoms with Gasteiger partial charge in [0.15, 0.2) is 0 Å². The topological polar surface area (TPSA) is 131 Å². The van der Waals surface area contributed by atoms with E-state index in [-0.39, 0.29) is 12.3 Å². The average molecular weight is 379 g/mol. The first-order valence-corrected chi connectivity index (χ1v) is 8.92. The number of carbonyl (C=O) groups is 3. The summed E-state index contributed by atoms with van der Waals surface area (Å²) in [5.74, 6) is -1.29. The van der Waals surface area contributed by atoms with Gasteiger partial charge in [-0.25, -0.2) is 4.79 Å². The summed E-state index contributed by atoms with van der Waals surface area (Å²) in [6.07, 6.45) is 1.10. The fourth-order valence-corrected chi connectivity index (χ4v) is 2.32. The van der Waals surface area contributed by atoms with Crippen LogP contribution in [0.2, 0.25) is 0 Å². The lowest BCUT2D eigenvalue weighted by Crippen LogP contribution is -2.45. The number of unbranched alkanes of at least 4 members (excludes halogenated alkanes) is 1. The molecular weight excluding hydrogens is 350 g/mol. The van der Waals surface area contributed by atoms with Crippen LogP contribution in [-0.2, 0) is 20.7 Å². The van der Waals surface area contributed by atoms with Gasteiger partial charge in [-0.2, -0.15) is 0 Å². The Kier molecular flexibility index (Phi) is 8.74.